The number of ether oxygens (including phenoxy) is 1. The molecule has 1 unspecified atom stereocenters. The predicted molar refractivity (Wildman–Crippen MR) is 105 cm³/mol. The number of urea groups is 1. The summed E-state index contributed by atoms with van der Waals surface area (Å²) in [7, 11) is 0. The third-order valence-electron chi connectivity index (χ3n) is 3.64. The highest BCUT2D eigenvalue weighted by molar-refractivity contribution is 8.00. The van der Waals surface area contributed by atoms with E-state index in [4.69, 9.17) is 16.3 Å². The highest BCUT2D eigenvalue weighted by Crippen LogP contribution is 2.29. The summed E-state index contributed by atoms with van der Waals surface area (Å²) in [6, 6.07) is 4.70. The lowest BCUT2D eigenvalue weighted by Crippen LogP contribution is -2.36. The van der Waals surface area contributed by atoms with Gasteiger partial charge in [-0.25, -0.2) is 9.78 Å². The Morgan fingerprint density at radius 3 is 3.00 bits per heavy atom. The van der Waals surface area contributed by atoms with Crippen molar-refractivity contribution in [3.8, 4) is 5.75 Å². The van der Waals surface area contributed by atoms with Gasteiger partial charge in [0.15, 0.2) is 5.82 Å². The third-order valence-corrected chi connectivity index (χ3v) is 5.09. The van der Waals surface area contributed by atoms with Gasteiger partial charge in [0.05, 0.1) is 29.0 Å². The van der Waals surface area contributed by atoms with Gasteiger partial charge in [0.1, 0.15) is 12.4 Å². The summed E-state index contributed by atoms with van der Waals surface area (Å²) >= 11 is 7.94. The van der Waals surface area contributed by atoms with Gasteiger partial charge in [0.25, 0.3) is 0 Å². The molecule has 1 aromatic carbocycles. The molecule has 0 aliphatic carbocycles. The van der Waals surface area contributed by atoms with E-state index in [-0.39, 0.29) is 0 Å². The predicted octanol–water partition coefficient (Wildman–Crippen LogP) is 3.17. The maximum absolute atomic E-state index is 12.2. The summed E-state index contributed by atoms with van der Waals surface area (Å²) < 4.78 is 5.91. The van der Waals surface area contributed by atoms with E-state index in [1.807, 2.05) is 18.7 Å². The van der Waals surface area contributed by atoms with Gasteiger partial charge < -0.3 is 15.4 Å². The monoisotopic (exact) mass is 393 g/mol. The zero-order chi connectivity index (χ0) is 18.4. The number of carbonyl (C=O) groups excluding carboxylic acids is 1. The zero-order valence-corrected chi connectivity index (χ0v) is 15.9. The van der Waals surface area contributed by atoms with Crippen LogP contribution in [0, 0.1) is 6.92 Å². The number of rotatable bonds is 5. The first-order valence-electron chi connectivity index (χ1n) is 8.21. The van der Waals surface area contributed by atoms with Crippen molar-refractivity contribution in [2.24, 2.45) is 0 Å². The highest BCUT2D eigenvalue weighted by atomic mass is 35.5. The quantitative estimate of drug-likeness (QED) is 0.723. The molecule has 0 saturated carbocycles. The average Bonchev–Trinajstić information content (AvgIpc) is 2.64. The zero-order valence-electron chi connectivity index (χ0n) is 14.3. The van der Waals surface area contributed by atoms with Crippen LogP contribution < -0.4 is 20.7 Å². The number of anilines is 2. The molecular weight excluding hydrogens is 374 g/mol. The van der Waals surface area contributed by atoms with Crippen LogP contribution in [-0.2, 0) is 0 Å². The van der Waals surface area contributed by atoms with E-state index in [2.05, 4.69) is 25.9 Å². The van der Waals surface area contributed by atoms with Gasteiger partial charge in [-0.15, -0.1) is 0 Å². The Morgan fingerprint density at radius 2 is 2.27 bits per heavy atom. The normalized spacial score (nSPS) is 16.8. The van der Waals surface area contributed by atoms with Gasteiger partial charge in [-0.1, -0.05) is 11.6 Å². The maximum Gasteiger partial charge on any atom is 0.325 e. The molecule has 1 atom stereocenters. The summed E-state index contributed by atoms with van der Waals surface area (Å²) in [5, 5.41) is 9.62. The SMILES string of the molecule is Cc1cnc(NC(=O)Nc2cc(Cl)ccc2OCC2CNCCS2)cn1. The number of thioether (sulfide) groups is 1. The van der Waals surface area contributed by atoms with Crippen LogP contribution in [0.4, 0.5) is 16.3 Å². The van der Waals surface area contributed by atoms with Crippen molar-refractivity contribution in [3.05, 3.63) is 41.3 Å². The van der Waals surface area contributed by atoms with Crippen LogP contribution in [-0.4, -0.2) is 46.7 Å². The van der Waals surface area contributed by atoms with Crippen molar-refractivity contribution in [3.63, 3.8) is 0 Å². The summed E-state index contributed by atoms with van der Waals surface area (Å²) in [5.41, 5.74) is 1.28. The number of nitrogens with one attached hydrogen (secondary N) is 3. The van der Waals surface area contributed by atoms with Crippen molar-refractivity contribution in [1.82, 2.24) is 15.3 Å². The number of nitrogens with zero attached hydrogens (tertiary/aromatic N) is 2. The standard InChI is InChI=1S/C17H20ClN5O2S/c1-11-7-21-16(9-20-11)23-17(24)22-14-6-12(18)2-3-15(14)25-10-13-8-19-4-5-26-13/h2-3,6-7,9,13,19H,4-5,8,10H2,1H3,(H2,21,22,23,24). The molecule has 3 N–H and O–H groups in total. The van der Waals surface area contributed by atoms with E-state index in [1.54, 1.807) is 24.4 Å². The fourth-order valence-corrected chi connectivity index (χ4v) is 3.53. The molecule has 7 nitrogen and oxygen atoms in total. The first-order chi connectivity index (χ1) is 12.6. The molecule has 0 bridgehead atoms. The van der Waals surface area contributed by atoms with Crippen LogP contribution in [0.1, 0.15) is 5.69 Å². The molecule has 9 heteroatoms. The Labute approximate surface area is 161 Å². The Hall–Kier alpha value is -2.03. The molecule has 1 aliphatic rings. The van der Waals surface area contributed by atoms with Gasteiger partial charge in [-0.2, -0.15) is 11.8 Å². The average molecular weight is 394 g/mol. The van der Waals surface area contributed by atoms with Crippen LogP contribution in [0.2, 0.25) is 5.02 Å². The van der Waals surface area contributed by atoms with Gasteiger partial charge in [0, 0.05) is 23.9 Å². The molecule has 0 spiro atoms. The Balaban J connectivity index is 1.62. The lowest BCUT2D eigenvalue weighted by molar-refractivity contribution is 0.261. The summed E-state index contributed by atoms with van der Waals surface area (Å²) in [6.45, 7) is 4.32. The molecule has 3 rings (SSSR count). The number of hydrogen-bond donors (Lipinski definition) is 3. The Kier molecular flexibility index (Phi) is 6.54. The highest BCUT2D eigenvalue weighted by Gasteiger charge is 2.16. The van der Waals surface area contributed by atoms with Gasteiger partial charge in [-0.05, 0) is 25.1 Å². The summed E-state index contributed by atoms with van der Waals surface area (Å²) in [4.78, 5) is 20.4. The second-order valence-corrected chi connectivity index (χ2v) is 7.62. The minimum Gasteiger partial charge on any atom is -0.490 e. The first kappa shape index (κ1) is 18.8. The van der Waals surface area contributed by atoms with Crippen molar-refractivity contribution < 1.29 is 9.53 Å². The Bertz CT molecular complexity index is 753. The van der Waals surface area contributed by atoms with Crippen LogP contribution in [0.3, 0.4) is 0 Å². The summed E-state index contributed by atoms with van der Waals surface area (Å²) in [6.07, 6.45) is 3.08. The number of aromatic nitrogens is 2. The van der Waals surface area contributed by atoms with Gasteiger partial charge in [-0.3, -0.25) is 10.3 Å². The van der Waals surface area contributed by atoms with Crippen molar-refractivity contribution >= 4 is 40.9 Å². The van der Waals surface area contributed by atoms with Crippen LogP contribution in [0.15, 0.2) is 30.6 Å². The van der Waals surface area contributed by atoms with Crippen molar-refractivity contribution in [1.29, 1.82) is 0 Å². The van der Waals surface area contributed by atoms with Crippen LogP contribution in [0.25, 0.3) is 0 Å². The van der Waals surface area contributed by atoms with E-state index in [9.17, 15) is 4.79 Å². The minimum atomic E-state index is -0.441. The molecule has 2 amide bonds. The first-order valence-corrected chi connectivity index (χ1v) is 9.64. The Morgan fingerprint density at radius 1 is 1.38 bits per heavy atom. The third kappa shape index (κ3) is 5.48. The molecule has 2 aromatic rings. The largest absolute Gasteiger partial charge is 0.490 e. The topological polar surface area (TPSA) is 88.2 Å². The molecule has 1 saturated heterocycles. The molecule has 26 heavy (non-hydrogen) atoms. The number of benzene rings is 1. The van der Waals surface area contributed by atoms with E-state index in [0.717, 1.165) is 24.5 Å². The van der Waals surface area contributed by atoms with Crippen molar-refractivity contribution in [2.75, 3.05) is 36.1 Å². The van der Waals surface area contributed by atoms with E-state index >= 15 is 0 Å². The van der Waals surface area contributed by atoms with E-state index in [0.29, 0.717) is 34.1 Å². The molecule has 2 heterocycles. The second kappa shape index (κ2) is 9.07. The fraction of sp³-hybridized carbons (Fsp3) is 0.353. The second-order valence-electron chi connectivity index (χ2n) is 5.77. The van der Waals surface area contributed by atoms with E-state index < -0.39 is 6.03 Å². The molecular formula is C17H20ClN5O2S. The smallest absolute Gasteiger partial charge is 0.325 e. The number of carbonyl (C=O) groups is 1. The number of amides is 2. The number of hydrogen-bond acceptors (Lipinski definition) is 6. The molecule has 1 aromatic heterocycles. The number of halogens is 1. The molecule has 138 valence electrons. The lowest BCUT2D eigenvalue weighted by atomic mass is 10.3. The maximum atomic E-state index is 12.2. The lowest BCUT2D eigenvalue weighted by Gasteiger charge is -2.23. The number of aryl methyl sites for hydroxylation is 1. The fourth-order valence-electron chi connectivity index (χ4n) is 2.36. The van der Waals surface area contributed by atoms with Crippen molar-refractivity contribution in [2.45, 2.75) is 12.2 Å². The molecule has 1 aliphatic heterocycles. The summed E-state index contributed by atoms with van der Waals surface area (Å²) in [5.74, 6) is 2.01. The van der Waals surface area contributed by atoms with Gasteiger partial charge >= 0.3 is 6.03 Å². The van der Waals surface area contributed by atoms with Crippen LogP contribution >= 0.6 is 23.4 Å². The van der Waals surface area contributed by atoms with Gasteiger partial charge in [0.2, 0.25) is 0 Å². The van der Waals surface area contributed by atoms with E-state index in [1.165, 1.54) is 6.20 Å². The molecule has 1 fully saturated rings. The minimum absolute atomic E-state index is 0.363. The van der Waals surface area contributed by atoms with Crippen LogP contribution in [0.5, 0.6) is 5.75 Å². The molecule has 0 radical (unpaired) electrons.